The zero-order valence-corrected chi connectivity index (χ0v) is 19.3. The molecule has 0 aliphatic carbocycles. The molecule has 1 aliphatic rings. The van der Waals surface area contributed by atoms with Gasteiger partial charge in [0.1, 0.15) is 0 Å². The lowest BCUT2D eigenvalue weighted by Crippen LogP contribution is -2.46. The van der Waals surface area contributed by atoms with Gasteiger partial charge in [-0.1, -0.05) is 12.1 Å². The topological polar surface area (TPSA) is 60.0 Å². The third-order valence-electron chi connectivity index (χ3n) is 4.87. The van der Waals surface area contributed by atoms with Crippen LogP contribution in [0.15, 0.2) is 29.3 Å². The molecule has 0 unspecified atom stereocenters. The monoisotopic (exact) mass is 487 g/mol. The Hall–Kier alpha value is -1.51. The molecule has 152 valence electrons. The van der Waals surface area contributed by atoms with Crippen molar-refractivity contribution in [3.8, 4) is 0 Å². The van der Waals surface area contributed by atoms with E-state index in [2.05, 4.69) is 51.6 Å². The second kappa shape index (κ2) is 12.0. The number of amides is 1. The van der Waals surface area contributed by atoms with Crippen LogP contribution in [0.2, 0.25) is 0 Å². The summed E-state index contributed by atoms with van der Waals surface area (Å²) in [6.07, 6.45) is 2.71. The highest BCUT2D eigenvalue weighted by atomic mass is 127. The third-order valence-corrected chi connectivity index (χ3v) is 4.87. The summed E-state index contributed by atoms with van der Waals surface area (Å²) >= 11 is 0. The van der Waals surface area contributed by atoms with E-state index < -0.39 is 0 Å². The van der Waals surface area contributed by atoms with Crippen molar-refractivity contribution >= 4 is 41.5 Å². The highest BCUT2D eigenvalue weighted by Gasteiger charge is 2.23. The van der Waals surface area contributed by atoms with Crippen molar-refractivity contribution in [2.45, 2.75) is 32.7 Å². The molecule has 1 amide bonds. The molecular formula is C20H34IN5O. The van der Waals surface area contributed by atoms with Gasteiger partial charge in [-0.05, 0) is 43.4 Å². The maximum atomic E-state index is 11.6. The maximum absolute atomic E-state index is 11.6. The Morgan fingerprint density at radius 2 is 1.85 bits per heavy atom. The lowest BCUT2D eigenvalue weighted by Gasteiger charge is -2.34. The number of benzene rings is 1. The lowest BCUT2D eigenvalue weighted by molar-refractivity contribution is -0.121. The molecule has 7 heteroatoms. The summed E-state index contributed by atoms with van der Waals surface area (Å²) in [6, 6.07) is 8.53. The van der Waals surface area contributed by atoms with Crippen LogP contribution in [0.25, 0.3) is 0 Å². The van der Waals surface area contributed by atoms with Crippen molar-refractivity contribution in [3.63, 3.8) is 0 Å². The molecule has 2 N–H and O–H groups in total. The van der Waals surface area contributed by atoms with Crippen molar-refractivity contribution < 1.29 is 4.79 Å². The molecule has 0 atom stereocenters. The Kier molecular flexibility index (Phi) is 10.5. The molecule has 6 nitrogen and oxygen atoms in total. The first-order valence-corrected chi connectivity index (χ1v) is 9.53. The van der Waals surface area contributed by atoms with Crippen molar-refractivity contribution in [2.75, 3.05) is 45.7 Å². The van der Waals surface area contributed by atoms with Crippen molar-refractivity contribution in [3.05, 3.63) is 29.8 Å². The number of hydrogen-bond acceptors (Lipinski definition) is 3. The summed E-state index contributed by atoms with van der Waals surface area (Å²) in [5.41, 5.74) is 2.41. The maximum Gasteiger partial charge on any atom is 0.220 e. The molecule has 2 rings (SSSR count). The van der Waals surface area contributed by atoms with E-state index in [0.717, 1.165) is 38.4 Å². The largest absolute Gasteiger partial charge is 0.378 e. The Bertz CT molecular complexity index is 595. The van der Waals surface area contributed by atoms with Gasteiger partial charge in [-0.15, -0.1) is 24.0 Å². The summed E-state index contributed by atoms with van der Waals surface area (Å²) in [5.74, 6) is 1.60. The number of hydrogen-bond donors (Lipinski definition) is 2. The average molecular weight is 487 g/mol. The van der Waals surface area contributed by atoms with Crippen LogP contribution in [-0.4, -0.2) is 57.5 Å². The zero-order valence-electron chi connectivity index (χ0n) is 17.0. The fourth-order valence-corrected chi connectivity index (χ4v) is 3.20. The predicted molar refractivity (Wildman–Crippen MR) is 124 cm³/mol. The summed E-state index contributed by atoms with van der Waals surface area (Å²) in [5, 5.41) is 6.13. The molecule has 1 aliphatic heterocycles. The molecule has 1 saturated heterocycles. The van der Waals surface area contributed by atoms with E-state index >= 15 is 0 Å². The average Bonchev–Trinajstić information content (AvgIpc) is 2.66. The van der Waals surface area contributed by atoms with E-state index in [-0.39, 0.29) is 29.9 Å². The van der Waals surface area contributed by atoms with Crippen LogP contribution in [0.3, 0.4) is 0 Å². The molecule has 1 fully saturated rings. The van der Waals surface area contributed by atoms with Gasteiger partial charge in [-0.25, -0.2) is 4.99 Å². The summed E-state index contributed by atoms with van der Waals surface area (Å²) < 4.78 is 0. The quantitative estimate of drug-likeness (QED) is 0.368. The van der Waals surface area contributed by atoms with E-state index in [1.165, 1.54) is 11.3 Å². The van der Waals surface area contributed by atoms with E-state index in [0.29, 0.717) is 18.9 Å². The smallest absolute Gasteiger partial charge is 0.220 e. The number of aliphatic imine (C=N–C) groups is 1. The predicted octanol–water partition coefficient (Wildman–Crippen LogP) is 2.68. The van der Waals surface area contributed by atoms with Gasteiger partial charge in [0.05, 0.1) is 6.54 Å². The number of rotatable bonds is 6. The van der Waals surface area contributed by atoms with Crippen LogP contribution in [0.5, 0.6) is 0 Å². The van der Waals surface area contributed by atoms with Gasteiger partial charge in [0.25, 0.3) is 0 Å². The number of guanidine groups is 1. The van der Waals surface area contributed by atoms with Gasteiger partial charge < -0.3 is 20.4 Å². The van der Waals surface area contributed by atoms with Crippen LogP contribution >= 0.6 is 24.0 Å². The van der Waals surface area contributed by atoms with Gasteiger partial charge >= 0.3 is 0 Å². The second-order valence-corrected chi connectivity index (χ2v) is 7.04. The normalized spacial score (nSPS) is 15.1. The van der Waals surface area contributed by atoms with E-state index in [4.69, 9.17) is 4.99 Å². The minimum atomic E-state index is 0. The number of nitrogens with zero attached hydrogens (tertiary/aromatic N) is 3. The lowest BCUT2D eigenvalue weighted by atomic mass is 9.93. The van der Waals surface area contributed by atoms with Crippen LogP contribution in [0.4, 0.5) is 5.69 Å². The zero-order chi connectivity index (χ0) is 18.9. The molecule has 1 heterocycles. The summed E-state index contributed by atoms with van der Waals surface area (Å²) in [7, 11) is 5.80. The standard InChI is InChI=1S/C20H33N5O.HI/c1-5-22-20(23-15-17-6-8-18(9-7-17)24(3)4)25-12-10-16(11-13-25)14-19(26)21-2;/h6-9,16H,5,10-15H2,1-4H3,(H,21,26)(H,22,23);1H. The second-order valence-electron chi connectivity index (χ2n) is 7.04. The molecule has 0 saturated carbocycles. The molecule has 1 aromatic carbocycles. The van der Waals surface area contributed by atoms with Crippen LogP contribution < -0.4 is 15.5 Å². The van der Waals surface area contributed by atoms with E-state index in [1.54, 1.807) is 7.05 Å². The van der Waals surface area contributed by atoms with Crippen molar-refractivity contribution in [2.24, 2.45) is 10.9 Å². The number of anilines is 1. The SMILES string of the molecule is CCNC(=NCc1ccc(N(C)C)cc1)N1CCC(CC(=O)NC)CC1.I. The highest BCUT2D eigenvalue weighted by molar-refractivity contribution is 14.0. The van der Waals surface area contributed by atoms with Crippen molar-refractivity contribution in [1.29, 1.82) is 0 Å². The van der Waals surface area contributed by atoms with Crippen LogP contribution in [0.1, 0.15) is 31.7 Å². The Morgan fingerprint density at radius 1 is 1.22 bits per heavy atom. The van der Waals surface area contributed by atoms with Crippen LogP contribution in [0, 0.1) is 5.92 Å². The minimum absolute atomic E-state index is 0. The first-order valence-electron chi connectivity index (χ1n) is 9.53. The Morgan fingerprint density at radius 3 is 2.37 bits per heavy atom. The summed E-state index contributed by atoms with van der Waals surface area (Å²) in [4.78, 5) is 20.8. The fraction of sp³-hybridized carbons (Fsp3) is 0.600. The van der Waals surface area contributed by atoms with E-state index in [1.807, 2.05) is 14.1 Å². The first-order chi connectivity index (χ1) is 12.5. The molecule has 0 spiro atoms. The number of halogens is 1. The number of piperidine rings is 1. The molecule has 0 aromatic heterocycles. The number of likely N-dealkylation sites (tertiary alicyclic amines) is 1. The molecule has 1 aromatic rings. The summed E-state index contributed by atoms with van der Waals surface area (Å²) in [6.45, 7) is 5.53. The first kappa shape index (κ1) is 23.5. The molecule has 27 heavy (non-hydrogen) atoms. The highest BCUT2D eigenvalue weighted by Crippen LogP contribution is 2.20. The molecular weight excluding hydrogens is 453 g/mol. The Labute approximate surface area is 180 Å². The molecule has 0 bridgehead atoms. The Balaban J connectivity index is 0.00000364. The van der Waals surface area contributed by atoms with Gasteiger partial charge in [0.15, 0.2) is 5.96 Å². The number of carbonyl (C=O) groups is 1. The van der Waals surface area contributed by atoms with Gasteiger partial charge in [-0.2, -0.15) is 0 Å². The minimum Gasteiger partial charge on any atom is -0.378 e. The fourth-order valence-electron chi connectivity index (χ4n) is 3.20. The van der Waals surface area contributed by atoms with Gasteiger partial charge in [-0.3, -0.25) is 4.79 Å². The molecule has 0 radical (unpaired) electrons. The van der Waals surface area contributed by atoms with Crippen molar-refractivity contribution in [1.82, 2.24) is 15.5 Å². The third kappa shape index (κ3) is 7.56. The number of carbonyl (C=O) groups excluding carboxylic acids is 1. The van der Waals surface area contributed by atoms with E-state index in [9.17, 15) is 4.79 Å². The van der Waals surface area contributed by atoms with Gasteiger partial charge in [0, 0.05) is 52.9 Å². The van der Waals surface area contributed by atoms with Crippen LogP contribution in [-0.2, 0) is 11.3 Å². The number of nitrogens with one attached hydrogen (secondary N) is 2. The van der Waals surface area contributed by atoms with Gasteiger partial charge in [0.2, 0.25) is 5.91 Å².